The summed E-state index contributed by atoms with van der Waals surface area (Å²) in [5.41, 5.74) is 3.46. The van der Waals surface area contributed by atoms with Crippen molar-refractivity contribution in [3.63, 3.8) is 0 Å². The molecule has 0 heterocycles. The van der Waals surface area contributed by atoms with Gasteiger partial charge in [0, 0.05) is 11.4 Å². The van der Waals surface area contributed by atoms with Crippen molar-refractivity contribution < 1.29 is 4.79 Å². The summed E-state index contributed by atoms with van der Waals surface area (Å²) in [6.07, 6.45) is 12.2. The molecule has 0 radical (unpaired) electrons. The second-order valence-corrected chi connectivity index (χ2v) is 5.73. The summed E-state index contributed by atoms with van der Waals surface area (Å²) in [6, 6.07) is 7.29. The molecule has 0 atom stereocenters. The van der Waals surface area contributed by atoms with Gasteiger partial charge >= 0.3 is 0 Å². The van der Waals surface area contributed by atoms with Crippen LogP contribution in [0.2, 0.25) is 5.02 Å². The maximum Gasteiger partial charge on any atom is 0.240 e. The predicted octanol–water partition coefficient (Wildman–Crippen LogP) is 5.10. The van der Waals surface area contributed by atoms with Crippen LogP contribution in [0, 0.1) is 0 Å². The molecule has 3 nitrogen and oxygen atoms in total. The number of carbonyl (C=O) groups is 1. The van der Waals surface area contributed by atoms with E-state index in [1.165, 1.54) is 25.7 Å². The first kappa shape index (κ1) is 18.4. The molecule has 1 aromatic carbocycles. The van der Waals surface area contributed by atoms with E-state index in [9.17, 15) is 4.79 Å². The number of rotatable bonds is 11. The molecule has 0 fully saturated rings. The molecule has 0 spiro atoms. The Hall–Kier alpha value is -1.61. The summed E-state index contributed by atoms with van der Waals surface area (Å²) >= 11 is 5.80. The fourth-order valence-electron chi connectivity index (χ4n) is 2.06. The Morgan fingerprint density at radius 2 is 1.73 bits per heavy atom. The van der Waals surface area contributed by atoms with Gasteiger partial charge < -0.3 is 0 Å². The van der Waals surface area contributed by atoms with Crippen molar-refractivity contribution in [2.45, 2.75) is 51.4 Å². The zero-order chi connectivity index (χ0) is 16.0. The maximum absolute atomic E-state index is 11.6. The monoisotopic (exact) mass is 320 g/mol. The van der Waals surface area contributed by atoms with Gasteiger partial charge in [-0.15, -0.1) is 6.58 Å². The van der Waals surface area contributed by atoms with Crippen molar-refractivity contribution in [3.05, 3.63) is 47.5 Å². The molecule has 0 aliphatic heterocycles. The van der Waals surface area contributed by atoms with Crippen molar-refractivity contribution >= 4 is 23.7 Å². The van der Waals surface area contributed by atoms with Gasteiger partial charge in [0.05, 0.1) is 6.21 Å². The molecule has 1 N–H and O–H groups in total. The van der Waals surface area contributed by atoms with Gasteiger partial charge in [0.25, 0.3) is 0 Å². The van der Waals surface area contributed by atoms with E-state index in [2.05, 4.69) is 17.1 Å². The quantitative estimate of drug-likeness (QED) is 0.262. The Morgan fingerprint density at radius 1 is 1.09 bits per heavy atom. The lowest BCUT2D eigenvalue weighted by atomic mass is 10.1. The number of hydrogen-bond donors (Lipinski definition) is 1. The number of hydrazone groups is 1. The first-order chi connectivity index (χ1) is 10.7. The molecular formula is C18H25ClN2O. The number of hydrogen-bond acceptors (Lipinski definition) is 2. The smallest absolute Gasteiger partial charge is 0.240 e. The first-order valence-corrected chi connectivity index (χ1v) is 8.28. The van der Waals surface area contributed by atoms with Gasteiger partial charge in [-0.2, -0.15) is 5.10 Å². The highest BCUT2D eigenvalue weighted by Crippen LogP contribution is 2.09. The third-order valence-corrected chi connectivity index (χ3v) is 3.59. The molecule has 0 saturated heterocycles. The second kappa shape index (κ2) is 12.0. The molecule has 0 aromatic heterocycles. The number of allylic oxidation sites excluding steroid dienone is 1. The number of amides is 1. The average molecular weight is 321 g/mol. The van der Waals surface area contributed by atoms with Crippen molar-refractivity contribution in [1.82, 2.24) is 5.43 Å². The van der Waals surface area contributed by atoms with E-state index in [-0.39, 0.29) is 5.91 Å². The topological polar surface area (TPSA) is 41.5 Å². The third kappa shape index (κ3) is 9.35. The van der Waals surface area contributed by atoms with Crippen LogP contribution in [0.1, 0.15) is 56.9 Å². The number of unbranched alkanes of at least 4 members (excludes halogenated alkanes) is 6. The van der Waals surface area contributed by atoms with Crippen LogP contribution in [0.25, 0.3) is 0 Å². The molecular weight excluding hydrogens is 296 g/mol. The summed E-state index contributed by atoms with van der Waals surface area (Å²) in [7, 11) is 0. The van der Waals surface area contributed by atoms with Gasteiger partial charge in [0.1, 0.15) is 0 Å². The van der Waals surface area contributed by atoms with Crippen molar-refractivity contribution in [1.29, 1.82) is 0 Å². The molecule has 4 heteroatoms. The van der Waals surface area contributed by atoms with Gasteiger partial charge in [-0.05, 0) is 37.0 Å². The van der Waals surface area contributed by atoms with Crippen LogP contribution in [0.5, 0.6) is 0 Å². The Bertz CT molecular complexity index is 468. The molecule has 0 bridgehead atoms. The van der Waals surface area contributed by atoms with Gasteiger partial charge in [-0.25, -0.2) is 5.43 Å². The molecule has 0 saturated carbocycles. The van der Waals surface area contributed by atoms with Crippen LogP contribution in [0.3, 0.4) is 0 Å². The van der Waals surface area contributed by atoms with E-state index in [0.717, 1.165) is 24.8 Å². The molecule has 1 aromatic rings. The summed E-state index contributed by atoms with van der Waals surface area (Å²) in [5, 5.41) is 4.63. The van der Waals surface area contributed by atoms with Gasteiger partial charge in [-0.1, -0.05) is 55.5 Å². The Kier molecular flexibility index (Phi) is 10.0. The van der Waals surface area contributed by atoms with Crippen LogP contribution in [-0.2, 0) is 4.79 Å². The lowest BCUT2D eigenvalue weighted by Gasteiger charge is -2.01. The standard InChI is InChI=1S/C18H25ClN2O/c1-2-3-4-5-6-7-8-9-10-18(22)21-20-15-16-11-13-17(19)14-12-16/h2,11-15H,1,3-10H2,(H,21,22)/b20-15+. The summed E-state index contributed by atoms with van der Waals surface area (Å²) < 4.78 is 0. The second-order valence-electron chi connectivity index (χ2n) is 5.29. The van der Waals surface area contributed by atoms with E-state index in [4.69, 9.17) is 11.6 Å². The normalized spacial score (nSPS) is 10.8. The number of nitrogens with zero attached hydrogens (tertiary/aromatic N) is 1. The average Bonchev–Trinajstić information content (AvgIpc) is 2.52. The highest BCUT2D eigenvalue weighted by Gasteiger charge is 1.99. The van der Waals surface area contributed by atoms with E-state index in [1.54, 1.807) is 18.3 Å². The van der Waals surface area contributed by atoms with Gasteiger partial charge in [0.15, 0.2) is 0 Å². The molecule has 1 rings (SSSR count). The van der Waals surface area contributed by atoms with E-state index in [1.807, 2.05) is 18.2 Å². The van der Waals surface area contributed by atoms with E-state index < -0.39 is 0 Å². The molecule has 0 unspecified atom stereocenters. The number of benzene rings is 1. The molecule has 0 aliphatic carbocycles. The summed E-state index contributed by atoms with van der Waals surface area (Å²) in [6.45, 7) is 3.71. The molecule has 120 valence electrons. The van der Waals surface area contributed by atoms with Crippen molar-refractivity contribution in [2.24, 2.45) is 5.10 Å². The van der Waals surface area contributed by atoms with Gasteiger partial charge in [0.2, 0.25) is 5.91 Å². The number of carbonyl (C=O) groups excluding carboxylic acids is 1. The van der Waals surface area contributed by atoms with Crippen LogP contribution >= 0.6 is 11.6 Å². The Balaban J connectivity index is 2.04. The van der Waals surface area contributed by atoms with Crippen LogP contribution < -0.4 is 5.43 Å². The Labute approximate surface area is 138 Å². The fourth-order valence-corrected chi connectivity index (χ4v) is 2.19. The molecule has 0 aliphatic rings. The van der Waals surface area contributed by atoms with Crippen molar-refractivity contribution in [3.8, 4) is 0 Å². The minimum atomic E-state index is -0.0307. The van der Waals surface area contributed by atoms with Crippen LogP contribution in [0.4, 0.5) is 0 Å². The third-order valence-electron chi connectivity index (χ3n) is 3.33. The lowest BCUT2D eigenvalue weighted by Crippen LogP contribution is -2.16. The fraction of sp³-hybridized carbons (Fsp3) is 0.444. The minimum Gasteiger partial charge on any atom is -0.273 e. The van der Waals surface area contributed by atoms with E-state index in [0.29, 0.717) is 11.4 Å². The summed E-state index contributed by atoms with van der Waals surface area (Å²) in [4.78, 5) is 11.6. The highest BCUT2D eigenvalue weighted by molar-refractivity contribution is 6.30. The maximum atomic E-state index is 11.6. The van der Waals surface area contributed by atoms with Crippen LogP contribution in [-0.4, -0.2) is 12.1 Å². The lowest BCUT2D eigenvalue weighted by molar-refractivity contribution is -0.121. The van der Waals surface area contributed by atoms with Gasteiger partial charge in [-0.3, -0.25) is 4.79 Å². The van der Waals surface area contributed by atoms with E-state index >= 15 is 0 Å². The van der Waals surface area contributed by atoms with Crippen molar-refractivity contribution in [2.75, 3.05) is 0 Å². The minimum absolute atomic E-state index is 0.0307. The summed E-state index contributed by atoms with van der Waals surface area (Å²) in [5.74, 6) is -0.0307. The van der Waals surface area contributed by atoms with Crippen LogP contribution in [0.15, 0.2) is 42.0 Å². The number of nitrogens with one attached hydrogen (secondary N) is 1. The molecule has 1 amide bonds. The zero-order valence-electron chi connectivity index (χ0n) is 13.1. The number of halogens is 1. The first-order valence-electron chi connectivity index (χ1n) is 7.91. The Morgan fingerprint density at radius 3 is 2.41 bits per heavy atom. The SMILES string of the molecule is C=CCCCCCCCCC(=O)N/N=C/c1ccc(Cl)cc1. The largest absolute Gasteiger partial charge is 0.273 e. The molecule has 22 heavy (non-hydrogen) atoms. The predicted molar refractivity (Wildman–Crippen MR) is 94.3 cm³/mol. The highest BCUT2D eigenvalue weighted by atomic mass is 35.5. The zero-order valence-corrected chi connectivity index (χ0v) is 13.8.